The van der Waals surface area contributed by atoms with Crippen molar-refractivity contribution in [1.82, 2.24) is 4.98 Å². The van der Waals surface area contributed by atoms with E-state index in [4.69, 9.17) is 4.98 Å². The quantitative estimate of drug-likeness (QED) is 0.180. The Kier molecular flexibility index (Phi) is 7.10. The van der Waals surface area contributed by atoms with Gasteiger partial charge in [-0.15, -0.1) is 0 Å². The highest BCUT2D eigenvalue weighted by molar-refractivity contribution is 5.87. The van der Waals surface area contributed by atoms with E-state index in [0.29, 0.717) is 0 Å². The molecule has 0 amide bonds. The molecule has 0 bridgehead atoms. The average molecular weight is 624 g/mol. The van der Waals surface area contributed by atoms with Crippen LogP contribution in [-0.4, -0.2) is 4.98 Å². The number of hydrogen-bond donors (Lipinski definition) is 0. The van der Waals surface area contributed by atoms with Crippen LogP contribution in [0.4, 0.5) is 0 Å². The number of aromatic nitrogens is 1. The summed E-state index contributed by atoms with van der Waals surface area (Å²) < 4.78 is 0. The van der Waals surface area contributed by atoms with Gasteiger partial charge in [-0.25, -0.2) is 4.98 Å². The molecule has 230 valence electrons. The summed E-state index contributed by atoms with van der Waals surface area (Å²) in [7, 11) is 0. The van der Waals surface area contributed by atoms with Gasteiger partial charge < -0.3 is 0 Å². The Balaban J connectivity index is 1.21. The summed E-state index contributed by atoms with van der Waals surface area (Å²) in [6, 6.07) is 72.2. The SMILES string of the molecule is c1ccc(-c2ccc(C3(c4ccc(-c5cc(-c6ccccc6)cc(-c6ccccc6)n5)cc4)c4ccccc4-c4ccccc43)cc2)cc1. The summed E-state index contributed by atoms with van der Waals surface area (Å²) in [5.41, 5.74) is 16.1. The van der Waals surface area contributed by atoms with Crippen molar-refractivity contribution in [1.29, 1.82) is 0 Å². The Morgan fingerprint density at radius 3 is 1.12 bits per heavy atom. The minimum Gasteiger partial charge on any atom is -0.248 e. The van der Waals surface area contributed by atoms with Gasteiger partial charge in [-0.1, -0.05) is 188 Å². The van der Waals surface area contributed by atoms with Crippen LogP contribution in [0.3, 0.4) is 0 Å². The molecule has 1 aromatic heterocycles. The summed E-state index contributed by atoms with van der Waals surface area (Å²) in [6.07, 6.45) is 0. The molecule has 0 spiro atoms. The second kappa shape index (κ2) is 12.0. The lowest BCUT2D eigenvalue weighted by molar-refractivity contribution is 0.769. The van der Waals surface area contributed by atoms with Crippen LogP contribution in [0.5, 0.6) is 0 Å². The van der Waals surface area contributed by atoms with Crippen molar-refractivity contribution >= 4 is 0 Å². The molecule has 7 aromatic carbocycles. The van der Waals surface area contributed by atoms with Gasteiger partial charge in [-0.2, -0.15) is 0 Å². The summed E-state index contributed by atoms with van der Waals surface area (Å²) in [4.78, 5) is 5.21. The van der Waals surface area contributed by atoms with E-state index in [1.165, 1.54) is 50.1 Å². The third-order valence-corrected chi connectivity index (χ3v) is 9.99. The first-order valence-corrected chi connectivity index (χ1v) is 16.9. The molecule has 1 heterocycles. The normalized spacial score (nSPS) is 12.7. The lowest BCUT2D eigenvalue weighted by atomic mass is 9.67. The first-order chi connectivity index (χ1) is 24.3. The van der Waals surface area contributed by atoms with Crippen LogP contribution in [0, 0.1) is 0 Å². The molecule has 0 saturated carbocycles. The molecule has 0 fully saturated rings. The van der Waals surface area contributed by atoms with Crippen molar-refractivity contribution in [2.45, 2.75) is 5.41 Å². The first kappa shape index (κ1) is 28.9. The van der Waals surface area contributed by atoms with E-state index in [1.807, 2.05) is 0 Å². The predicted octanol–water partition coefficient (Wildman–Crippen LogP) is 12.1. The van der Waals surface area contributed by atoms with E-state index in [9.17, 15) is 0 Å². The Labute approximate surface area is 287 Å². The predicted molar refractivity (Wildman–Crippen MR) is 203 cm³/mol. The van der Waals surface area contributed by atoms with Gasteiger partial charge in [0, 0.05) is 11.1 Å². The molecular formula is C48H33N. The number of fused-ring (bicyclic) bond motifs is 3. The van der Waals surface area contributed by atoms with Gasteiger partial charge in [0.05, 0.1) is 16.8 Å². The molecule has 1 nitrogen and oxygen atoms in total. The van der Waals surface area contributed by atoms with Crippen LogP contribution in [0.25, 0.3) is 55.9 Å². The van der Waals surface area contributed by atoms with Gasteiger partial charge in [-0.3, -0.25) is 0 Å². The van der Waals surface area contributed by atoms with Gasteiger partial charge in [0.2, 0.25) is 0 Å². The van der Waals surface area contributed by atoms with Gasteiger partial charge in [0.1, 0.15) is 0 Å². The third kappa shape index (κ3) is 4.91. The van der Waals surface area contributed by atoms with Crippen molar-refractivity contribution in [3.05, 3.63) is 222 Å². The second-order valence-electron chi connectivity index (χ2n) is 12.7. The minimum atomic E-state index is -0.463. The number of benzene rings is 7. The molecule has 1 aliphatic rings. The van der Waals surface area contributed by atoms with E-state index in [-0.39, 0.29) is 0 Å². The molecule has 0 unspecified atom stereocenters. The van der Waals surface area contributed by atoms with Gasteiger partial charge >= 0.3 is 0 Å². The van der Waals surface area contributed by atoms with Crippen LogP contribution in [0.15, 0.2) is 200 Å². The Bertz CT molecular complexity index is 2290. The smallest absolute Gasteiger partial charge is 0.0715 e. The Morgan fingerprint density at radius 1 is 0.286 bits per heavy atom. The molecule has 8 aromatic rings. The molecule has 0 N–H and O–H groups in total. The molecule has 0 atom stereocenters. The zero-order chi connectivity index (χ0) is 32.6. The van der Waals surface area contributed by atoms with Crippen molar-refractivity contribution < 1.29 is 0 Å². The average Bonchev–Trinajstić information content (AvgIpc) is 3.50. The molecule has 1 heteroatoms. The zero-order valence-corrected chi connectivity index (χ0v) is 27.0. The monoisotopic (exact) mass is 623 g/mol. The number of hydrogen-bond acceptors (Lipinski definition) is 1. The lowest BCUT2D eigenvalue weighted by Crippen LogP contribution is -2.28. The topological polar surface area (TPSA) is 12.9 Å². The lowest BCUT2D eigenvalue weighted by Gasteiger charge is -2.34. The van der Waals surface area contributed by atoms with Crippen molar-refractivity contribution in [2.75, 3.05) is 0 Å². The van der Waals surface area contributed by atoms with E-state index in [1.54, 1.807) is 0 Å². The van der Waals surface area contributed by atoms with Crippen molar-refractivity contribution in [3.8, 4) is 55.9 Å². The maximum Gasteiger partial charge on any atom is 0.0715 e. The van der Waals surface area contributed by atoms with E-state index >= 15 is 0 Å². The fourth-order valence-electron chi connectivity index (χ4n) is 7.69. The first-order valence-electron chi connectivity index (χ1n) is 16.9. The third-order valence-electron chi connectivity index (χ3n) is 9.99. The molecular weight excluding hydrogens is 591 g/mol. The van der Waals surface area contributed by atoms with E-state index in [0.717, 1.165) is 28.1 Å². The highest BCUT2D eigenvalue weighted by atomic mass is 14.7. The fraction of sp³-hybridized carbons (Fsp3) is 0.0208. The van der Waals surface area contributed by atoms with Crippen LogP contribution in [0.1, 0.15) is 22.3 Å². The largest absolute Gasteiger partial charge is 0.248 e. The Morgan fingerprint density at radius 2 is 0.633 bits per heavy atom. The summed E-state index contributed by atoms with van der Waals surface area (Å²) >= 11 is 0. The molecule has 9 rings (SSSR count). The summed E-state index contributed by atoms with van der Waals surface area (Å²) in [6.45, 7) is 0. The highest BCUT2D eigenvalue weighted by Gasteiger charge is 2.45. The maximum absolute atomic E-state index is 5.21. The van der Waals surface area contributed by atoms with Crippen LogP contribution >= 0.6 is 0 Å². The van der Waals surface area contributed by atoms with E-state index < -0.39 is 5.41 Å². The van der Waals surface area contributed by atoms with Crippen molar-refractivity contribution in [3.63, 3.8) is 0 Å². The van der Waals surface area contributed by atoms with Crippen molar-refractivity contribution in [2.24, 2.45) is 0 Å². The maximum atomic E-state index is 5.21. The minimum absolute atomic E-state index is 0.463. The molecule has 0 saturated heterocycles. The fourth-order valence-corrected chi connectivity index (χ4v) is 7.69. The van der Waals surface area contributed by atoms with E-state index in [2.05, 4.69) is 200 Å². The zero-order valence-electron chi connectivity index (χ0n) is 27.0. The van der Waals surface area contributed by atoms with Gasteiger partial charge in [0.25, 0.3) is 0 Å². The van der Waals surface area contributed by atoms with Gasteiger partial charge in [0.15, 0.2) is 0 Å². The van der Waals surface area contributed by atoms with Gasteiger partial charge in [-0.05, 0) is 67.8 Å². The number of pyridine rings is 1. The Hall–Kier alpha value is -6.31. The molecule has 0 aliphatic heterocycles. The van der Waals surface area contributed by atoms with Crippen LogP contribution in [0.2, 0.25) is 0 Å². The number of nitrogens with zero attached hydrogens (tertiary/aromatic N) is 1. The van der Waals surface area contributed by atoms with Crippen LogP contribution < -0.4 is 0 Å². The standard InChI is InChI=1S/C48H33N/c1-4-14-34(15-5-1)36-24-28-40(29-25-36)48(44-22-12-10-20-42(44)43-21-11-13-23-45(43)48)41-30-26-38(27-31-41)47-33-39(35-16-6-2-7-17-35)32-46(49-47)37-18-8-3-9-19-37/h1-33H. The molecule has 0 radical (unpaired) electrons. The number of rotatable bonds is 6. The molecule has 49 heavy (non-hydrogen) atoms. The summed E-state index contributed by atoms with van der Waals surface area (Å²) in [5.74, 6) is 0. The highest BCUT2D eigenvalue weighted by Crippen LogP contribution is 2.56. The van der Waals surface area contributed by atoms with Crippen LogP contribution in [-0.2, 0) is 5.41 Å². The second-order valence-corrected chi connectivity index (χ2v) is 12.7. The molecule has 1 aliphatic carbocycles. The summed E-state index contributed by atoms with van der Waals surface area (Å²) in [5, 5.41) is 0.